The lowest BCUT2D eigenvalue weighted by atomic mass is 10.0. The molecule has 0 aliphatic carbocycles. The standard InChI is InChI=1S/C17H15F3N2O2/c1-10-5-6-11(15-9-16(21)22-24-15)7-14(10)23-13-4-2-3-12(8-13)17(18,19)20/h2-8,15H,9H2,1H3,(H2,21,22). The fourth-order valence-electron chi connectivity index (χ4n) is 2.36. The lowest BCUT2D eigenvalue weighted by molar-refractivity contribution is -0.137. The van der Waals surface area contributed by atoms with Crippen molar-refractivity contribution in [1.29, 1.82) is 0 Å². The van der Waals surface area contributed by atoms with E-state index < -0.39 is 11.7 Å². The van der Waals surface area contributed by atoms with Crippen LogP contribution < -0.4 is 10.5 Å². The second kappa shape index (κ2) is 6.07. The van der Waals surface area contributed by atoms with Gasteiger partial charge in [0.15, 0.2) is 6.10 Å². The van der Waals surface area contributed by atoms with Gasteiger partial charge in [0.1, 0.15) is 17.3 Å². The number of amidine groups is 1. The predicted molar refractivity (Wildman–Crippen MR) is 82.8 cm³/mol. The highest BCUT2D eigenvalue weighted by Crippen LogP contribution is 2.35. The summed E-state index contributed by atoms with van der Waals surface area (Å²) in [6.07, 6.45) is -4.26. The van der Waals surface area contributed by atoms with Crippen molar-refractivity contribution >= 4 is 5.84 Å². The Balaban J connectivity index is 1.85. The predicted octanol–water partition coefficient (Wildman–Crippen LogP) is 4.54. The van der Waals surface area contributed by atoms with E-state index in [0.29, 0.717) is 18.0 Å². The van der Waals surface area contributed by atoms with Gasteiger partial charge in [0.05, 0.1) is 12.0 Å². The molecule has 0 spiro atoms. The summed E-state index contributed by atoms with van der Waals surface area (Å²) in [5, 5.41) is 3.70. The first-order chi connectivity index (χ1) is 11.3. The number of rotatable bonds is 3. The molecule has 2 aromatic carbocycles. The van der Waals surface area contributed by atoms with Crippen molar-refractivity contribution in [2.75, 3.05) is 0 Å². The molecule has 2 N–H and O–H groups in total. The molecule has 0 fully saturated rings. The maximum Gasteiger partial charge on any atom is 0.416 e. The van der Waals surface area contributed by atoms with Gasteiger partial charge in [-0.25, -0.2) is 0 Å². The van der Waals surface area contributed by atoms with E-state index in [9.17, 15) is 13.2 Å². The Morgan fingerprint density at radius 2 is 2.00 bits per heavy atom. The Kier molecular flexibility index (Phi) is 4.09. The van der Waals surface area contributed by atoms with Crippen molar-refractivity contribution in [3.63, 3.8) is 0 Å². The van der Waals surface area contributed by atoms with Gasteiger partial charge in [0.25, 0.3) is 0 Å². The molecule has 0 saturated carbocycles. The van der Waals surface area contributed by atoms with Crippen molar-refractivity contribution in [2.24, 2.45) is 10.9 Å². The second-order valence-corrected chi connectivity index (χ2v) is 5.53. The van der Waals surface area contributed by atoms with Crippen molar-refractivity contribution in [3.8, 4) is 11.5 Å². The highest BCUT2D eigenvalue weighted by Gasteiger charge is 2.30. The highest BCUT2D eigenvalue weighted by atomic mass is 19.4. The van der Waals surface area contributed by atoms with Crippen LogP contribution in [-0.4, -0.2) is 5.84 Å². The minimum absolute atomic E-state index is 0.119. The molecule has 0 saturated heterocycles. The van der Waals surface area contributed by atoms with Crippen LogP contribution >= 0.6 is 0 Å². The summed E-state index contributed by atoms with van der Waals surface area (Å²) in [6, 6.07) is 10.2. The number of aryl methyl sites for hydroxylation is 1. The zero-order valence-corrected chi connectivity index (χ0v) is 12.8. The Morgan fingerprint density at radius 3 is 2.67 bits per heavy atom. The van der Waals surface area contributed by atoms with Crippen molar-refractivity contribution in [2.45, 2.75) is 25.6 Å². The van der Waals surface area contributed by atoms with Crippen LogP contribution in [0.1, 0.15) is 29.2 Å². The molecule has 1 aliphatic heterocycles. The number of oxime groups is 1. The zero-order chi connectivity index (χ0) is 17.3. The topological polar surface area (TPSA) is 56.8 Å². The minimum atomic E-state index is -4.41. The molecular formula is C17H15F3N2O2. The lowest BCUT2D eigenvalue weighted by Crippen LogP contribution is -2.09. The van der Waals surface area contributed by atoms with E-state index in [1.54, 1.807) is 6.07 Å². The Labute approximate surface area is 136 Å². The molecule has 0 bridgehead atoms. The number of nitrogens with zero attached hydrogens (tertiary/aromatic N) is 1. The molecule has 1 heterocycles. The molecule has 3 rings (SSSR count). The van der Waals surface area contributed by atoms with Gasteiger partial charge >= 0.3 is 6.18 Å². The van der Waals surface area contributed by atoms with Crippen LogP contribution in [0.5, 0.6) is 11.5 Å². The van der Waals surface area contributed by atoms with Crippen LogP contribution in [0.2, 0.25) is 0 Å². The van der Waals surface area contributed by atoms with Gasteiger partial charge in [0, 0.05) is 0 Å². The van der Waals surface area contributed by atoms with Crippen LogP contribution in [-0.2, 0) is 11.0 Å². The number of ether oxygens (including phenoxy) is 1. The number of benzene rings is 2. The average molecular weight is 336 g/mol. The molecule has 1 unspecified atom stereocenters. The van der Waals surface area contributed by atoms with Crippen molar-refractivity contribution in [3.05, 3.63) is 59.2 Å². The maximum atomic E-state index is 12.8. The quantitative estimate of drug-likeness (QED) is 0.895. The van der Waals surface area contributed by atoms with Crippen molar-refractivity contribution < 1.29 is 22.7 Å². The van der Waals surface area contributed by atoms with Crippen LogP contribution in [0.3, 0.4) is 0 Å². The summed E-state index contributed by atoms with van der Waals surface area (Å²) in [4.78, 5) is 5.22. The number of hydrogen-bond acceptors (Lipinski definition) is 4. The zero-order valence-electron chi connectivity index (χ0n) is 12.8. The molecular weight excluding hydrogens is 321 g/mol. The minimum Gasteiger partial charge on any atom is -0.457 e. The van der Waals surface area contributed by atoms with E-state index >= 15 is 0 Å². The van der Waals surface area contributed by atoms with Crippen LogP contribution in [0.4, 0.5) is 13.2 Å². The average Bonchev–Trinajstić information content (AvgIpc) is 2.95. The molecule has 0 radical (unpaired) electrons. The fraction of sp³-hybridized carbons (Fsp3) is 0.235. The molecule has 126 valence electrons. The number of hydrogen-bond donors (Lipinski definition) is 1. The van der Waals surface area contributed by atoms with E-state index in [4.69, 9.17) is 15.3 Å². The summed E-state index contributed by atoms with van der Waals surface area (Å²) in [6.45, 7) is 1.81. The first-order valence-electron chi connectivity index (χ1n) is 7.27. The largest absolute Gasteiger partial charge is 0.457 e. The molecule has 0 aromatic heterocycles. The first-order valence-corrected chi connectivity index (χ1v) is 7.27. The smallest absolute Gasteiger partial charge is 0.416 e. The number of nitrogens with two attached hydrogens (primary N) is 1. The van der Waals surface area contributed by atoms with Crippen LogP contribution in [0, 0.1) is 6.92 Å². The summed E-state index contributed by atoms with van der Waals surface area (Å²) < 4.78 is 44.0. The second-order valence-electron chi connectivity index (χ2n) is 5.53. The monoisotopic (exact) mass is 336 g/mol. The van der Waals surface area contributed by atoms with E-state index in [2.05, 4.69) is 5.16 Å². The summed E-state index contributed by atoms with van der Waals surface area (Å²) in [5.41, 5.74) is 6.44. The maximum absolute atomic E-state index is 12.8. The molecule has 4 nitrogen and oxygen atoms in total. The third-order valence-corrected chi connectivity index (χ3v) is 3.66. The van der Waals surface area contributed by atoms with Crippen LogP contribution in [0.15, 0.2) is 47.6 Å². The van der Waals surface area contributed by atoms with E-state index in [1.165, 1.54) is 12.1 Å². The van der Waals surface area contributed by atoms with Gasteiger partial charge in [-0.15, -0.1) is 0 Å². The van der Waals surface area contributed by atoms with Gasteiger partial charge in [-0.1, -0.05) is 23.4 Å². The third kappa shape index (κ3) is 3.45. The van der Waals surface area contributed by atoms with E-state index in [0.717, 1.165) is 23.3 Å². The Hall–Kier alpha value is -2.70. The molecule has 1 atom stereocenters. The summed E-state index contributed by atoms with van der Waals surface area (Å²) in [7, 11) is 0. The molecule has 7 heteroatoms. The van der Waals surface area contributed by atoms with Gasteiger partial charge < -0.3 is 15.3 Å². The fourth-order valence-corrected chi connectivity index (χ4v) is 2.36. The Morgan fingerprint density at radius 1 is 1.21 bits per heavy atom. The number of halogens is 3. The molecule has 0 amide bonds. The summed E-state index contributed by atoms with van der Waals surface area (Å²) >= 11 is 0. The SMILES string of the molecule is Cc1ccc(C2CC(N)=NO2)cc1Oc1cccc(C(F)(F)F)c1. The lowest BCUT2D eigenvalue weighted by Gasteiger charge is -2.14. The van der Waals surface area contributed by atoms with Crippen molar-refractivity contribution in [1.82, 2.24) is 0 Å². The molecule has 24 heavy (non-hydrogen) atoms. The highest BCUT2D eigenvalue weighted by molar-refractivity contribution is 5.81. The summed E-state index contributed by atoms with van der Waals surface area (Å²) in [5.74, 6) is 0.981. The first kappa shape index (κ1) is 16.2. The number of alkyl halides is 3. The van der Waals surface area contributed by atoms with Gasteiger partial charge in [-0.2, -0.15) is 13.2 Å². The molecule has 1 aliphatic rings. The van der Waals surface area contributed by atoms with Crippen LogP contribution in [0.25, 0.3) is 0 Å². The van der Waals surface area contributed by atoms with E-state index in [-0.39, 0.29) is 11.9 Å². The normalized spacial score (nSPS) is 17.3. The molecule has 2 aromatic rings. The van der Waals surface area contributed by atoms with E-state index in [1.807, 2.05) is 19.1 Å². The van der Waals surface area contributed by atoms with Gasteiger partial charge in [0.2, 0.25) is 0 Å². The van der Waals surface area contributed by atoms with Gasteiger partial charge in [-0.3, -0.25) is 0 Å². The van der Waals surface area contributed by atoms with Gasteiger partial charge in [-0.05, 0) is 42.3 Å². The third-order valence-electron chi connectivity index (χ3n) is 3.66. The Bertz CT molecular complexity index is 788.